The van der Waals surface area contributed by atoms with Gasteiger partial charge < -0.3 is 9.15 Å². The Bertz CT molecular complexity index is 813. The maximum absolute atomic E-state index is 6.02. The topological polar surface area (TPSA) is 91.8 Å². The number of hydrogen-bond donors (Lipinski definition) is 0. The molecule has 0 fully saturated rings. The molecule has 9 heteroatoms. The third-order valence-corrected chi connectivity index (χ3v) is 2.83. The van der Waals surface area contributed by atoms with Crippen LogP contribution in [-0.2, 0) is 0 Å². The highest BCUT2D eigenvalue weighted by Gasteiger charge is 2.09. The summed E-state index contributed by atoms with van der Waals surface area (Å²) in [5.41, 5.74) is 0.714. The monoisotopic (exact) mass is 332 g/mol. The van der Waals surface area contributed by atoms with Crippen LogP contribution in [0.4, 0.5) is 0 Å². The molecule has 0 aliphatic heterocycles. The standard InChI is InChI=1S/C14H13ClN6O2/c1-9(2)23-13-6-10(5-11(15)18-13)14-16-7-21(20-14)4-3-12-19-17-8-22-12/h3-9H,1-2H3/b4-3-. The molecular formula is C14H13ClN6O2. The Balaban J connectivity index is 1.83. The van der Waals surface area contributed by atoms with Crippen LogP contribution in [0, 0.1) is 0 Å². The van der Waals surface area contributed by atoms with Crippen LogP contribution in [0.25, 0.3) is 23.7 Å². The van der Waals surface area contributed by atoms with Crippen LogP contribution in [0.5, 0.6) is 5.88 Å². The van der Waals surface area contributed by atoms with Crippen molar-refractivity contribution in [3.8, 4) is 17.3 Å². The molecule has 3 heterocycles. The molecule has 0 radical (unpaired) electrons. The van der Waals surface area contributed by atoms with Gasteiger partial charge in [-0.3, -0.25) is 0 Å². The summed E-state index contributed by atoms with van der Waals surface area (Å²) >= 11 is 6.02. The summed E-state index contributed by atoms with van der Waals surface area (Å²) in [6.07, 6.45) is 6.08. The lowest BCUT2D eigenvalue weighted by atomic mass is 10.2. The van der Waals surface area contributed by atoms with E-state index in [1.54, 1.807) is 30.7 Å². The number of ether oxygens (including phenoxy) is 1. The van der Waals surface area contributed by atoms with Crippen LogP contribution in [0.2, 0.25) is 5.15 Å². The number of halogens is 1. The molecule has 0 atom stereocenters. The SMILES string of the molecule is CC(C)Oc1cc(-c2ncn(/C=C\c3nnco3)n2)cc(Cl)n1. The number of hydrogen-bond acceptors (Lipinski definition) is 7. The summed E-state index contributed by atoms with van der Waals surface area (Å²) in [7, 11) is 0. The Kier molecular flexibility index (Phi) is 4.33. The van der Waals surface area contributed by atoms with E-state index >= 15 is 0 Å². The highest BCUT2D eigenvalue weighted by atomic mass is 35.5. The predicted molar refractivity (Wildman–Crippen MR) is 83.5 cm³/mol. The fourth-order valence-corrected chi connectivity index (χ4v) is 1.98. The van der Waals surface area contributed by atoms with Crippen LogP contribution < -0.4 is 4.74 Å². The van der Waals surface area contributed by atoms with E-state index in [1.165, 1.54) is 11.1 Å². The van der Waals surface area contributed by atoms with Gasteiger partial charge in [-0.15, -0.1) is 15.3 Å². The van der Waals surface area contributed by atoms with Gasteiger partial charge in [0.15, 0.2) is 5.82 Å². The number of rotatable bonds is 5. The first-order valence-corrected chi connectivity index (χ1v) is 7.18. The molecule has 0 N–H and O–H groups in total. The summed E-state index contributed by atoms with van der Waals surface area (Å²) in [5, 5.41) is 12.0. The zero-order valence-corrected chi connectivity index (χ0v) is 13.2. The molecule has 0 unspecified atom stereocenters. The molecule has 3 rings (SSSR count). The van der Waals surface area contributed by atoms with Crippen molar-refractivity contribution in [2.45, 2.75) is 20.0 Å². The summed E-state index contributed by atoms with van der Waals surface area (Å²) in [6, 6.07) is 3.42. The Hall–Kier alpha value is -2.74. The van der Waals surface area contributed by atoms with Crippen LogP contribution in [-0.4, -0.2) is 36.0 Å². The molecule has 0 aromatic carbocycles. The molecule has 0 aliphatic carbocycles. The second-order valence-corrected chi connectivity index (χ2v) is 5.21. The first kappa shape index (κ1) is 15.2. The minimum atomic E-state index is -0.00308. The average molecular weight is 333 g/mol. The van der Waals surface area contributed by atoms with E-state index in [1.807, 2.05) is 13.8 Å². The van der Waals surface area contributed by atoms with Gasteiger partial charge in [0.25, 0.3) is 0 Å². The normalized spacial score (nSPS) is 11.5. The van der Waals surface area contributed by atoms with Gasteiger partial charge in [-0.2, -0.15) is 0 Å². The quantitative estimate of drug-likeness (QED) is 0.663. The summed E-state index contributed by atoms with van der Waals surface area (Å²) in [5.74, 6) is 1.31. The van der Waals surface area contributed by atoms with Gasteiger partial charge in [-0.25, -0.2) is 14.6 Å². The van der Waals surface area contributed by atoms with Crippen molar-refractivity contribution in [3.63, 3.8) is 0 Å². The highest BCUT2D eigenvalue weighted by molar-refractivity contribution is 6.29. The van der Waals surface area contributed by atoms with Crippen molar-refractivity contribution in [1.82, 2.24) is 29.9 Å². The molecule has 3 aromatic heterocycles. The maximum atomic E-state index is 6.02. The molecule has 0 spiro atoms. The Morgan fingerprint density at radius 2 is 2.22 bits per heavy atom. The maximum Gasteiger partial charge on any atom is 0.241 e. The summed E-state index contributed by atoms with van der Waals surface area (Å²) < 4.78 is 12.1. The Labute approximate surface area is 136 Å². The van der Waals surface area contributed by atoms with Gasteiger partial charge in [-0.05, 0) is 19.9 Å². The van der Waals surface area contributed by atoms with Crippen molar-refractivity contribution in [2.24, 2.45) is 0 Å². The fourth-order valence-electron chi connectivity index (χ4n) is 1.78. The Morgan fingerprint density at radius 3 is 2.96 bits per heavy atom. The highest BCUT2D eigenvalue weighted by Crippen LogP contribution is 2.23. The molecule has 8 nitrogen and oxygen atoms in total. The molecule has 0 amide bonds. The first-order valence-electron chi connectivity index (χ1n) is 6.80. The summed E-state index contributed by atoms with van der Waals surface area (Å²) in [4.78, 5) is 8.36. The van der Waals surface area contributed by atoms with E-state index in [-0.39, 0.29) is 6.10 Å². The third-order valence-electron chi connectivity index (χ3n) is 2.64. The number of nitrogens with zero attached hydrogens (tertiary/aromatic N) is 6. The van der Waals surface area contributed by atoms with Gasteiger partial charge >= 0.3 is 0 Å². The van der Waals surface area contributed by atoms with Gasteiger partial charge in [-0.1, -0.05) is 11.6 Å². The van der Waals surface area contributed by atoms with E-state index in [4.69, 9.17) is 20.8 Å². The molecule has 0 aliphatic rings. The predicted octanol–water partition coefficient (Wildman–Crippen LogP) is 2.79. The molecule has 23 heavy (non-hydrogen) atoms. The zero-order valence-electron chi connectivity index (χ0n) is 12.4. The molecule has 0 saturated carbocycles. The molecular weight excluding hydrogens is 320 g/mol. The van der Waals surface area contributed by atoms with Gasteiger partial charge in [0.2, 0.25) is 18.2 Å². The van der Waals surface area contributed by atoms with Crippen molar-refractivity contribution in [1.29, 1.82) is 0 Å². The second-order valence-electron chi connectivity index (χ2n) is 4.82. The lowest BCUT2D eigenvalue weighted by molar-refractivity contribution is 0.233. The minimum absolute atomic E-state index is 0.00308. The lowest BCUT2D eigenvalue weighted by Crippen LogP contribution is -2.07. The fraction of sp³-hybridized carbons (Fsp3) is 0.214. The molecule has 0 bridgehead atoms. The van der Waals surface area contributed by atoms with Gasteiger partial charge in [0.05, 0.1) is 6.10 Å². The molecule has 0 saturated heterocycles. The van der Waals surface area contributed by atoms with E-state index in [0.717, 1.165) is 0 Å². The summed E-state index contributed by atoms with van der Waals surface area (Å²) in [6.45, 7) is 3.83. The second kappa shape index (κ2) is 6.57. The van der Waals surface area contributed by atoms with Gasteiger partial charge in [0.1, 0.15) is 11.5 Å². The van der Waals surface area contributed by atoms with Crippen molar-refractivity contribution >= 4 is 23.9 Å². The lowest BCUT2D eigenvalue weighted by Gasteiger charge is -2.09. The third kappa shape index (κ3) is 3.92. The van der Waals surface area contributed by atoms with Crippen molar-refractivity contribution < 1.29 is 9.15 Å². The van der Waals surface area contributed by atoms with Crippen molar-refractivity contribution in [3.05, 3.63) is 35.9 Å². The van der Waals surface area contributed by atoms with E-state index in [0.29, 0.717) is 28.3 Å². The molecule has 118 valence electrons. The first-order chi connectivity index (χ1) is 11.1. The zero-order chi connectivity index (χ0) is 16.2. The Morgan fingerprint density at radius 1 is 1.35 bits per heavy atom. The largest absolute Gasteiger partial charge is 0.475 e. The van der Waals surface area contributed by atoms with Crippen LogP contribution in [0.1, 0.15) is 19.7 Å². The van der Waals surface area contributed by atoms with Gasteiger partial charge in [0, 0.05) is 23.9 Å². The minimum Gasteiger partial charge on any atom is -0.475 e. The smallest absolute Gasteiger partial charge is 0.241 e. The van der Waals surface area contributed by atoms with Crippen LogP contribution in [0.15, 0.2) is 29.3 Å². The van der Waals surface area contributed by atoms with E-state index in [9.17, 15) is 0 Å². The number of aromatic nitrogens is 6. The van der Waals surface area contributed by atoms with Crippen LogP contribution >= 0.6 is 11.6 Å². The van der Waals surface area contributed by atoms with E-state index in [2.05, 4.69) is 25.3 Å². The number of pyridine rings is 1. The molecule has 3 aromatic rings. The van der Waals surface area contributed by atoms with E-state index < -0.39 is 0 Å². The average Bonchev–Trinajstić information content (AvgIpc) is 3.15. The van der Waals surface area contributed by atoms with Crippen LogP contribution in [0.3, 0.4) is 0 Å². The van der Waals surface area contributed by atoms with Crippen molar-refractivity contribution in [2.75, 3.05) is 0 Å².